The minimum absolute atomic E-state index is 0.157. The van der Waals surface area contributed by atoms with Crippen LogP contribution in [0.5, 0.6) is 5.75 Å². The predicted molar refractivity (Wildman–Crippen MR) is 116 cm³/mol. The van der Waals surface area contributed by atoms with Crippen molar-refractivity contribution >= 4 is 6.09 Å². The van der Waals surface area contributed by atoms with Crippen molar-refractivity contribution in [2.24, 2.45) is 0 Å². The standard InChI is InChI=1S/C24H32N2O3/c1-24(2,3)21-8-10-22(11-9-21)29-17-12-19-4-6-20(7-5-19)18-25-13-15-26(16-14-25)23(27)28/h4-11H,12-18H2,1-3H3,(H,27,28). The number of hydrogen-bond acceptors (Lipinski definition) is 3. The van der Waals surface area contributed by atoms with Gasteiger partial charge in [-0.1, -0.05) is 57.2 Å². The highest BCUT2D eigenvalue weighted by molar-refractivity contribution is 5.65. The molecule has 1 N–H and O–H groups in total. The van der Waals surface area contributed by atoms with Gasteiger partial charge < -0.3 is 14.7 Å². The third-order valence-electron chi connectivity index (χ3n) is 5.45. The summed E-state index contributed by atoms with van der Waals surface area (Å²) in [6.45, 7) is 10.9. The molecule has 0 aliphatic carbocycles. The number of piperazine rings is 1. The Morgan fingerprint density at radius 3 is 2.07 bits per heavy atom. The maximum atomic E-state index is 11.0. The molecule has 2 aromatic carbocycles. The Hall–Kier alpha value is -2.53. The number of benzene rings is 2. The second-order valence-electron chi connectivity index (χ2n) is 8.74. The summed E-state index contributed by atoms with van der Waals surface area (Å²) in [4.78, 5) is 14.8. The fourth-order valence-corrected chi connectivity index (χ4v) is 3.50. The van der Waals surface area contributed by atoms with Crippen LogP contribution in [0.1, 0.15) is 37.5 Å². The third kappa shape index (κ3) is 6.23. The molecule has 0 unspecified atom stereocenters. The topological polar surface area (TPSA) is 53.0 Å². The van der Waals surface area contributed by atoms with E-state index in [2.05, 4.69) is 62.1 Å². The van der Waals surface area contributed by atoms with Crippen LogP contribution >= 0.6 is 0 Å². The van der Waals surface area contributed by atoms with E-state index in [1.165, 1.54) is 21.6 Å². The molecule has 2 aromatic rings. The van der Waals surface area contributed by atoms with Crippen molar-refractivity contribution in [3.63, 3.8) is 0 Å². The predicted octanol–water partition coefficient (Wildman–Crippen LogP) is 4.40. The van der Waals surface area contributed by atoms with Gasteiger partial charge in [-0.25, -0.2) is 4.79 Å². The van der Waals surface area contributed by atoms with E-state index in [1.54, 1.807) is 0 Å². The molecule has 1 saturated heterocycles. The van der Waals surface area contributed by atoms with E-state index in [9.17, 15) is 4.79 Å². The van der Waals surface area contributed by atoms with Gasteiger partial charge in [-0.15, -0.1) is 0 Å². The normalized spacial score (nSPS) is 15.3. The summed E-state index contributed by atoms with van der Waals surface area (Å²) in [7, 11) is 0. The molecule has 0 bridgehead atoms. The van der Waals surface area contributed by atoms with Crippen LogP contribution in [-0.2, 0) is 18.4 Å². The maximum absolute atomic E-state index is 11.0. The smallest absolute Gasteiger partial charge is 0.407 e. The number of carboxylic acid groups (broad SMARTS) is 1. The van der Waals surface area contributed by atoms with Crippen molar-refractivity contribution in [3.05, 3.63) is 65.2 Å². The average Bonchev–Trinajstić information content (AvgIpc) is 2.69. The van der Waals surface area contributed by atoms with E-state index in [1.807, 2.05) is 12.1 Å². The van der Waals surface area contributed by atoms with E-state index in [-0.39, 0.29) is 5.41 Å². The zero-order valence-corrected chi connectivity index (χ0v) is 17.7. The molecule has 0 spiro atoms. The number of rotatable bonds is 6. The van der Waals surface area contributed by atoms with Crippen LogP contribution < -0.4 is 4.74 Å². The zero-order valence-electron chi connectivity index (χ0n) is 17.7. The Kier molecular flexibility index (Phi) is 6.80. The van der Waals surface area contributed by atoms with Gasteiger partial charge in [0.05, 0.1) is 6.61 Å². The molecular weight excluding hydrogens is 364 g/mol. The lowest BCUT2D eigenvalue weighted by Crippen LogP contribution is -2.47. The molecular formula is C24H32N2O3. The number of carbonyl (C=O) groups is 1. The summed E-state index contributed by atoms with van der Waals surface area (Å²) in [5.41, 5.74) is 3.99. The van der Waals surface area contributed by atoms with E-state index >= 15 is 0 Å². The van der Waals surface area contributed by atoms with Crippen LogP contribution in [-0.4, -0.2) is 53.8 Å². The Labute approximate surface area is 173 Å². The lowest BCUT2D eigenvalue weighted by atomic mass is 9.87. The van der Waals surface area contributed by atoms with Gasteiger partial charge in [0.2, 0.25) is 0 Å². The number of nitrogens with zero attached hydrogens (tertiary/aromatic N) is 2. The fourth-order valence-electron chi connectivity index (χ4n) is 3.50. The highest BCUT2D eigenvalue weighted by Gasteiger charge is 2.20. The summed E-state index contributed by atoms with van der Waals surface area (Å²) in [5, 5.41) is 9.03. The van der Waals surface area contributed by atoms with Crippen LogP contribution in [0.15, 0.2) is 48.5 Å². The second-order valence-corrected chi connectivity index (χ2v) is 8.74. The Bertz CT molecular complexity index is 786. The molecule has 5 heteroatoms. The first kappa shape index (κ1) is 21.2. The van der Waals surface area contributed by atoms with Gasteiger partial charge in [0.15, 0.2) is 0 Å². The highest BCUT2D eigenvalue weighted by atomic mass is 16.5. The summed E-state index contributed by atoms with van der Waals surface area (Å²) in [6.07, 6.45) is 0.0554. The van der Waals surface area contributed by atoms with Gasteiger partial charge in [0.25, 0.3) is 0 Å². The molecule has 1 fully saturated rings. The first-order chi connectivity index (χ1) is 13.8. The van der Waals surface area contributed by atoms with Crippen molar-refractivity contribution < 1.29 is 14.6 Å². The van der Waals surface area contributed by atoms with E-state index < -0.39 is 6.09 Å². The molecule has 1 aliphatic heterocycles. The molecule has 1 amide bonds. The molecule has 156 valence electrons. The van der Waals surface area contributed by atoms with Crippen molar-refractivity contribution in [2.45, 2.75) is 39.2 Å². The van der Waals surface area contributed by atoms with Crippen LogP contribution in [0.25, 0.3) is 0 Å². The third-order valence-corrected chi connectivity index (χ3v) is 5.45. The minimum atomic E-state index is -0.818. The van der Waals surface area contributed by atoms with Gasteiger partial charge in [0.1, 0.15) is 5.75 Å². The molecule has 1 heterocycles. The molecule has 0 atom stereocenters. The molecule has 5 nitrogen and oxygen atoms in total. The molecule has 0 saturated carbocycles. The Morgan fingerprint density at radius 1 is 0.931 bits per heavy atom. The summed E-state index contributed by atoms with van der Waals surface area (Å²) >= 11 is 0. The lowest BCUT2D eigenvalue weighted by molar-refractivity contribution is 0.103. The summed E-state index contributed by atoms with van der Waals surface area (Å²) < 4.78 is 5.90. The summed E-state index contributed by atoms with van der Waals surface area (Å²) in [5.74, 6) is 0.912. The minimum Gasteiger partial charge on any atom is -0.493 e. The van der Waals surface area contributed by atoms with E-state index in [0.717, 1.165) is 31.8 Å². The van der Waals surface area contributed by atoms with Gasteiger partial charge >= 0.3 is 6.09 Å². The van der Waals surface area contributed by atoms with Crippen LogP contribution in [0.4, 0.5) is 4.79 Å². The number of amides is 1. The van der Waals surface area contributed by atoms with Crippen LogP contribution in [0, 0.1) is 0 Å². The van der Waals surface area contributed by atoms with Crippen molar-refractivity contribution in [1.82, 2.24) is 9.80 Å². The number of ether oxygens (including phenoxy) is 1. The zero-order chi connectivity index (χ0) is 20.9. The van der Waals surface area contributed by atoms with E-state index in [0.29, 0.717) is 19.7 Å². The van der Waals surface area contributed by atoms with Gasteiger partial charge in [-0.2, -0.15) is 0 Å². The van der Waals surface area contributed by atoms with Crippen LogP contribution in [0.3, 0.4) is 0 Å². The first-order valence-corrected chi connectivity index (χ1v) is 10.3. The Morgan fingerprint density at radius 2 is 1.52 bits per heavy atom. The average molecular weight is 397 g/mol. The quantitative estimate of drug-likeness (QED) is 0.786. The molecule has 3 rings (SSSR count). The van der Waals surface area contributed by atoms with Crippen molar-refractivity contribution in [2.75, 3.05) is 32.8 Å². The van der Waals surface area contributed by atoms with E-state index in [4.69, 9.17) is 9.84 Å². The molecule has 0 radical (unpaired) electrons. The fraction of sp³-hybridized carbons (Fsp3) is 0.458. The monoisotopic (exact) mass is 396 g/mol. The van der Waals surface area contributed by atoms with Gasteiger partial charge in [0, 0.05) is 39.1 Å². The molecule has 0 aromatic heterocycles. The Balaban J connectivity index is 1.42. The van der Waals surface area contributed by atoms with Gasteiger partial charge in [-0.3, -0.25) is 4.90 Å². The van der Waals surface area contributed by atoms with Crippen molar-refractivity contribution in [1.29, 1.82) is 0 Å². The number of hydrogen-bond donors (Lipinski definition) is 1. The second kappa shape index (κ2) is 9.31. The van der Waals surface area contributed by atoms with Crippen molar-refractivity contribution in [3.8, 4) is 5.75 Å². The summed E-state index contributed by atoms with van der Waals surface area (Å²) in [6, 6.07) is 17.0. The first-order valence-electron chi connectivity index (χ1n) is 10.3. The van der Waals surface area contributed by atoms with Crippen LogP contribution in [0.2, 0.25) is 0 Å². The maximum Gasteiger partial charge on any atom is 0.407 e. The largest absolute Gasteiger partial charge is 0.493 e. The SMILES string of the molecule is CC(C)(C)c1ccc(OCCc2ccc(CN3CCN(C(=O)O)CC3)cc2)cc1. The lowest BCUT2D eigenvalue weighted by Gasteiger charge is -2.33. The molecule has 1 aliphatic rings. The van der Waals surface area contributed by atoms with Gasteiger partial charge in [-0.05, 0) is 34.2 Å². The highest BCUT2D eigenvalue weighted by Crippen LogP contribution is 2.24. The molecule has 29 heavy (non-hydrogen) atoms.